The molecule has 0 saturated carbocycles. The molecule has 0 bridgehead atoms. The summed E-state index contributed by atoms with van der Waals surface area (Å²) in [5.74, 6) is 0. The highest BCUT2D eigenvalue weighted by molar-refractivity contribution is 5.63. The maximum Gasteiger partial charge on any atom is 0.0594 e. The van der Waals surface area contributed by atoms with Gasteiger partial charge in [-0.05, 0) is 23.1 Å². The predicted octanol–water partition coefficient (Wildman–Crippen LogP) is 3.23. The number of hydrogen-bond acceptors (Lipinski definition) is 2. The first-order valence-corrected chi connectivity index (χ1v) is 7.36. The van der Waals surface area contributed by atoms with Crippen molar-refractivity contribution in [2.24, 2.45) is 0 Å². The van der Waals surface area contributed by atoms with Gasteiger partial charge in [-0.2, -0.15) is 0 Å². The van der Waals surface area contributed by atoms with Crippen molar-refractivity contribution in [3.8, 4) is 11.1 Å². The SMILES string of the molecule is c1ccc(-c2cccc(CCN3CCOCC3)c2)cc1. The Balaban J connectivity index is 1.65. The molecular weight excluding hydrogens is 246 g/mol. The van der Waals surface area contributed by atoms with E-state index in [0.717, 1.165) is 39.3 Å². The minimum Gasteiger partial charge on any atom is -0.379 e. The molecule has 20 heavy (non-hydrogen) atoms. The van der Waals surface area contributed by atoms with Gasteiger partial charge in [0.1, 0.15) is 0 Å². The second-order valence-corrected chi connectivity index (χ2v) is 5.27. The lowest BCUT2D eigenvalue weighted by Crippen LogP contribution is -2.37. The van der Waals surface area contributed by atoms with E-state index in [2.05, 4.69) is 59.5 Å². The van der Waals surface area contributed by atoms with Crippen molar-refractivity contribution in [1.82, 2.24) is 4.90 Å². The van der Waals surface area contributed by atoms with Gasteiger partial charge in [-0.15, -0.1) is 0 Å². The standard InChI is InChI=1S/C18H21NO/c1-2-6-17(7-3-1)18-8-4-5-16(15-18)9-10-19-11-13-20-14-12-19/h1-8,15H,9-14H2. The summed E-state index contributed by atoms with van der Waals surface area (Å²) in [6.45, 7) is 5.02. The molecule has 1 heterocycles. The first-order valence-electron chi connectivity index (χ1n) is 7.36. The number of rotatable bonds is 4. The summed E-state index contributed by atoms with van der Waals surface area (Å²) >= 11 is 0. The van der Waals surface area contributed by atoms with Crippen LogP contribution in [0.2, 0.25) is 0 Å². The Morgan fingerprint density at radius 2 is 1.60 bits per heavy atom. The van der Waals surface area contributed by atoms with E-state index in [4.69, 9.17) is 4.74 Å². The van der Waals surface area contributed by atoms with Crippen LogP contribution in [0.15, 0.2) is 54.6 Å². The van der Waals surface area contributed by atoms with Crippen LogP contribution in [-0.2, 0) is 11.2 Å². The maximum absolute atomic E-state index is 5.39. The quantitative estimate of drug-likeness (QED) is 0.843. The third-order valence-corrected chi connectivity index (χ3v) is 3.85. The van der Waals surface area contributed by atoms with E-state index in [-0.39, 0.29) is 0 Å². The zero-order valence-electron chi connectivity index (χ0n) is 11.8. The van der Waals surface area contributed by atoms with Crippen molar-refractivity contribution in [3.63, 3.8) is 0 Å². The molecule has 0 atom stereocenters. The summed E-state index contributed by atoms with van der Waals surface area (Å²) in [5.41, 5.74) is 4.02. The molecule has 2 heteroatoms. The van der Waals surface area contributed by atoms with Crippen molar-refractivity contribution < 1.29 is 4.74 Å². The Morgan fingerprint density at radius 3 is 2.40 bits per heavy atom. The summed E-state index contributed by atoms with van der Waals surface area (Å²) < 4.78 is 5.39. The fourth-order valence-electron chi connectivity index (χ4n) is 2.65. The molecule has 0 N–H and O–H groups in total. The van der Waals surface area contributed by atoms with Gasteiger partial charge in [-0.3, -0.25) is 4.90 Å². The minimum atomic E-state index is 0.879. The van der Waals surface area contributed by atoms with Crippen LogP contribution in [0.5, 0.6) is 0 Å². The minimum absolute atomic E-state index is 0.879. The zero-order chi connectivity index (χ0) is 13.6. The molecule has 0 radical (unpaired) electrons. The summed E-state index contributed by atoms with van der Waals surface area (Å²) in [6, 6.07) is 19.5. The molecule has 104 valence electrons. The average Bonchev–Trinajstić information content (AvgIpc) is 2.55. The van der Waals surface area contributed by atoms with Gasteiger partial charge in [-0.25, -0.2) is 0 Å². The van der Waals surface area contributed by atoms with E-state index in [0.29, 0.717) is 0 Å². The van der Waals surface area contributed by atoms with Crippen molar-refractivity contribution >= 4 is 0 Å². The number of hydrogen-bond donors (Lipinski definition) is 0. The fourth-order valence-corrected chi connectivity index (χ4v) is 2.65. The van der Waals surface area contributed by atoms with Crippen LogP contribution in [0.4, 0.5) is 0 Å². The monoisotopic (exact) mass is 267 g/mol. The molecule has 3 rings (SSSR count). The second kappa shape index (κ2) is 6.69. The third-order valence-electron chi connectivity index (χ3n) is 3.85. The fraction of sp³-hybridized carbons (Fsp3) is 0.333. The molecule has 0 amide bonds. The van der Waals surface area contributed by atoms with Crippen LogP contribution in [0.25, 0.3) is 11.1 Å². The molecule has 1 saturated heterocycles. The smallest absolute Gasteiger partial charge is 0.0594 e. The van der Waals surface area contributed by atoms with E-state index in [1.807, 2.05) is 0 Å². The summed E-state index contributed by atoms with van der Waals surface area (Å²) in [5, 5.41) is 0. The number of ether oxygens (including phenoxy) is 1. The molecular formula is C18H21NO. The zero-order valence-corrected chi connectivity index (χ0v) is 11.8. The molecule has 0 aliphatic carbocycles. The van der Waals surface area contributed by atoms with Gasteiger partial charge in [0.2, 0.25) is 0 Å². The number of benzene rings is 2. The first kappa shape index (κ1) is 13.3. The van der Waals surface area contributed by atoms with Crippen molar-refractivity contribution in [1.29, 1.82) is 0 Å². The van der Waals surface area contributed by atoms with Gasteiger partial charge in [0.15, 0.2) is 0 Å². The molecule has 2 aromatic carbocycles. The molecule has 0 aromatic heterocycles. The molecule has 0 spiro atoms. The predicted molar refractivity (Wildman–Crippen MR) is 82.8 cm³/mol. The molecule has 0 unspecified atom stereocenters. The van der Waals surface area contributed by atoms with E-state index >= 15 is 0 Å². The van der Waals surface area contributed by atoms with Crippen molar-refractivity contribution in [2.45, 2.75) is 6.42 Å². The van der Waals surface area contributed by atoms with Crippen LogP contribution >= 0.6 is 0 Å². The van der Waals surface area contributed by atoms with Gasteiger partial charge < -0.3 is 4.74 Å². The highest BCUT2D eigenvalue weighted by Gasteiger charge is 2.09. The highest BCUT2D eigenvalue weighted by atomic mass is 16.5. The Bertz CT molecular complexity index is 532. The summed E-state index contributed by atoms with van der Waals surface area (Å²) in [7, 11) is 0. The molecule has 1 aliphatic rings. The number of morpholine rings is 1. The van der Waals surface area contributed by atoms with Gasteiger partial charge >= 0.3 is 0 Å². The maximum atomic E-state index is 5.39. The second-order valence-electron chi connectivity index (χ2n) is 5.27. The van der Waals surface area contributed by atoms with Crippen LogP contribution < -0.4 is 0 Å². The van der Waals surface area contributed by atoms with Gasteiger partial charge in [0.05, 0.1) is 13.2 Å². The Morgan fingerprint density at radius 1 is 0.850 bits per heavy atom. The van der Waals surface area contributed by atoms with Crippen molar-refractivity contribution in [2.75, 3.05) is 32.8 Å². The largest absolute Gasteiger partial charge is 0.379 e. The van der Waals surface area contributed by atoms with E-state index < -0.39 is 0 Å². The molecule has 2 aromatic rings. The highest BCUT2D eigenvalue weighted by Crippen LogP contribution is 2.20. The summed E-state index contributed by atoms with van der Waals surface area (Å²) in [4.78, 5) is 2.48. The topological polar surface area (TPSA) is 12.5 Å². The molecule has 1 fully saturated rings. The van der Waals surface area contributed by atoms with Gasteiger partial charge in [0.25, 0.3) is 0 Å². The van der Waals surface area contributed by atoms with E-state index in [1.54, 1.807) is 0 Å². The van der Waals surface area contributed by atoms with E-state index in [9.17, 15) is 0 Å². The van der Waals surface area contributed by atoms with Crippen LogP contribution in [0.1, 0.15) is 5.56 Å². The van der Waals surface area contributed by atoms with Gasteiger partial charge in [-0.1, -0.05) is 54.6 Å². The third kappa shape index (κ3) is 3.47. The Hall–Kier alpha value is -1.64. The lowest BCUT2D eigenvalue weighted by Gasteiger charge is -2.26. The Kier molecular flexibility index (Phi) is 4.46. The van der Waals surface area contributed by atoms with Crippen LogP contribution in [0.3, 0.4) is 0 Å². The molecule has 2 nitrogen and oxygen atoms in total. The average molecular weight is 267 g/mol. The normalized spacial score (nSPS) is 16.2. The first-order chi connectivity index (χ1) is 9.92. The lowest BCUT2D eigenvalue weighted by atomic mass is 10.0. The van der Waals surface area contributed by atoms with E-state index in [1.165, 1.54) is 16.7 Å². The lowest BCUT2D eigenvalue weighted by molar-refractivity contribution is 0.0384. The number of nitrogens with zero attached hydrogens (tertiary/aromatic N) is 1. The molecule has 1 aliphatic heterocycles. The Labute approximate surface area is 121 Å². The van der Waals surface area contributed by atoms with Crippen molar-refractivity contribution in [3.05, 3.63) is 60.2 Å². The van der Waals surface area contributed by atoms with Crippen LogP contribution in [-0.4, -0.2) is 37.7 Å². The summed E-state index contributed by atoms with van der Waals surface area (Å²) in [6.07, 6.45) is 1.11. The van der Waals surface area contributed by atoms with Gasteiger partial charge in [0, 0.05) is 19.6 Å². The van der Waals surface area contributed by atoms with Crippen LogP contribution in [0, 0.1) is 0 Å².